The van der Waals surface area contributed by atoms with E-state index in [1.54, 1.807) is 12.1 Å². The van der Waals surface area contributed by atoms with Gasteiger partial charge in [0.05, 0.1) is 37.5 Å². The monoisotopic (exact) mass is 355 g/mol. The highest BCUT2D eigenvalue weighted by Gasteiger charge is 2.27. The number of benzene rings is 1. The van der Waals surface area contributed by atoms with Crippen LogP contribution in [0.25, 0.3) is 11.0 Å². The van der Waals surface area contributed by atoms with Gasteiger partial charge < -0.3 is 10.7 Å². The minimum absolute atomic E-state index is 0.00655. The lowest BCUT2D eigenvalue weighted by atomic mass is 9.90. The Hall–Kier alpha value is -2.24. The molecule has 136 valence electrons. The number of nitrogens with one attached hydrogen (secondary N) is 1. The van der Waals surface area contributed by atoms with Crippen LogP contribution in [0.1, 0.15) is 57.0 Å². The van der Waals surface area contributed by atoms with Gasteiger partial charge in [0.2, 0.25) is 0 Å². The lowest BCUT2D eigenvalue weighted by Crippen LogP contribution is -2.33. The highest BCUT2D eigenvalue weighted by atomic mass is 15.2. The van der Waals surface area contributed by atoms with E-state index in [0.717, 1.165) is 12.8 Å². The summed E-state index contributed by atoms with van der Waals surface area (Å²) in [6, 6.07) is 1.91. The quantitative estimate of drug-likeness (QED) is 0.636. The third-order valence-corrected chi connectivity index (χ3v) is 4.76. The average Bonchev–Trinajstić information content (AvgIpc) is 3.14. The lowest BCUT2D eigenvalue weighted by molar-refractivity contribution is 0.159. The summed E-state index contributed by atoms with van der Waals surface area (Å²) in [4.78, 5) is 14.1. The maximum atomic E-state index is 9.41. The molecule has 2 heterocycles. The molecule has 2 aromatic heterocycles. The molecule has 1 atom stereocenters. The number of nitrogens with zero attached hydrogens (tertiary/aromatic N) is 3. The Morgan fingerprint density at radius 2 is 2.23 bits per heavy atom. The van der Waals surface area contributed by atoms with Crippen molar-refractivity contribution in [1.82, 2.24) is 19.9 Å². The van der Waals surface area contributed by atoms with Gasteiger partial charge in [-0.15, -0.1) is 0 Å². The third kappa shape index (κ3) is 3.64. The fourth-order valence-corrected chi connectivity index (χ4v) is 3.50. The van der Waals surface area contributed by atoms with Crippen LogP contribution in [0.5, 0.6) is 0 Å². The highest BCUT2D eigenvalue weighted by Crippen LogP contribution is 2.33. The van der Waals surface area contributed by atoms with Gasteiger partial charge in [0, 0.05) is 6.17 Å². The zero-order valence-electron chi connectivity index (χ0n) is 20.7. The smallest absolute Gasteiger partial charge is 0.121 e. The Bertz CT molecular complexity index is 1110. The van der Waals surface area contributed by atoms with Gasteiger partial charge in [0.1, 0.15) is 5.82 Å². The number of pyridine rings is 1. The molecule has 0 aliphatic heterocycles. The van der Waals surface area contributed by atoms with Crippen LogP contribution in [0.2, 0.25) is 0 Å². The number of nitrogens with two attached hydrogens (primary N) is 1. The fraction of sp³-hybridized carbons (Fsp3) is 0.429. The second-order valence-corrected chi connectivity index (χ2v) is 6.58. The minimum atomic E-state index is -1.25. The van der Waals surface area contributed by atoms with Crippen LogP contribution in [0.4, 0.5) is 0 Å². The number of rotatable bonds is 7. The Morgan fingerprint density at radius 3 is 3.15 bits per heavy atom. The van der Waals surface area contributed by atoms with E-state index in [2.05, 4.69) is 15.0 Å². The van der Waals surface area contributed by atoms with Crippen LogP contribution < -0.4 is 5.73 Å². The largest absolute Gasteiger partial charge is 0.341 e. The molecule has 0 unspecified atom stereocenters. The predicted molar refractivity (Wildman–Crippen MR) is 105 cm³/mol. The van der Waals surface area contributed by atoms with E-state index in [1.807, 2.05) is 4.90 Å². The number of hydrogen-bond donors (Lipinski definition) is 2. The Balaban J connectivity index is 1.74. The third-order valence-electron chi connectivity index (χ3n) is 4.76. The van der Waals surface area contributed by atoms with Gasteiger partial charge in [0.25, 0.3) is 0 Å². The normalized spacial score (nSPS) is 23.0. The highest BCUT2D eigenvalue weighted by molar-refractivity contribution is 5.74. The van der Waals surface area contributed by atoms with Crippen LogP contribution in [-0.2, 0) is 13.0 Å². The van der Waals surface area contributed by atoms with Gasteiger partial charge in [-0.25, -0.2) is 4.98 Å². The zero-order valence-corrected chi connectivity index (χ0v) is 14.7. The minimum Gasteiger partial charge on any atom is -0.341 e. The number of H-pyrrole nitrogens is 1. The van der Waals surface area contributed by atoms with E-state index in [-0.39, 0.29) is 30.3 Å². The molecule has 0 radical (unpaired) electrons. The number of fused-ring (bicyclic) bond motifs is 2. The standard InChI is InChI=1S/C21H27N5/c22-12-3-4-14-26(15-20-24-17-9-1-2-10-18(17)25-20)19-11-5-7-16-8-6-13-23-21(16)19/h1-2,6,8-10,13,19H,3-5,7,11-12,14-15,22H2,(H,24,25)/t19-/m0/s1/i1D,2D,6D,8D,13D,19D. The summed E-state index contributed by atoms with van der Waals surface area (Å²) < 4.78 is 49.4. The molecule has 0 amide bonds. The van der Waals surface area contributed by atoms with Crippen molar-refractivity contribution in [3.8, 4) is 0 Å². The summed E-state index contributed by atoms with van der Waals surface area (Å²) in [6.45, 7) is 1.43. The van der Waals surface area contributed by atoms with Gasteiger partial charge in [-0.2, -0.15) is 0 Å². The molecule has 0 bridgehead atoms. The van der Waals surface area contributed by atoms with Crippen LogP contribution in [0, 0.1) is 0 Å². The van der Waals surface area contributed by atoms with Crippen molar-refractivity contribution < 1.29 is 8.22 Å². The summed E-state index contributed by atoms with van der Waals surface area (Å²) in [5.74, 6) is 0.616. The predicted octanol–water partition coefficient (Wildman–Crippen LogP) is 3.58. The van der Waals surface area contributed by atoms with Crippen molar-refractivity contribution in [1.29, 1.82) is 0 Å². The van der Waals surface area contributed by atoms with E-state index >= 15 is 0 Å². The molecule has 0 saturated carbocycles. The van der Waals surface area contributed by atoms with Crippen molar-refractivity contribution >= 4 is 11.0 Å². The maximum absolute atomic E-state index is 9.41. The van der Waals surface area contributed by atoms with E-state index in [1.165, 1.54) is 0 Å². The van der Waals surface area contributed by atoms with Crippen LogP contribution in [0.15, 0.2) is 42.5 Å². The summed E-state index contributed by atoms with van der Waals surface area (Å²) in [5.41, 5.74) is 7.93. The van der Waals surface area contributed by atoms with E-state index in [0.29, 0.717) is 67.0 Å². The molecule has 1 aromatic carbocycles. The number of aromatic nitrogens is 3. The SMILES string of the molecule is [2H]c1cc2nc(CN(CCCCN)[C@@]3([2H])CCCc4c3nc([2H])c([2H])c4[2H])[nH]c2cc1[2H]. The second kappa shape index (κ2) is 7.98. The molecule has 1 aliphatic carbocycles. The number of imidazole rings is 1. The summed E-state index contributed by atoms with van der Waals surface area (Å²) in [5, 5.41) is 0. The summed E-state index contributed by atoms with van der Waals surface area (Å²) >= 11 is 0. The van der Waals surface area contributed by atoms with Gasteiger partial charge >= 0.3 is 0 Å². The maximum Gasteiger partial charge on any atom is 0.121 e. The van der Waals surface area contributed by atoms with Gasteiger partial charge in [-0.3, -0.25) is 9.88 Å². The Kier molecular flexibility index (Phi) is 3.52. The first-order valence-electron chi connectivity index (χ1n) is 12.1. The van der Waals surface area contributed by atoms with Crippen LogP contribution >= 0.6 is 0 Å². The number of aromatic amines is 1. The van der Waals surface area contributed by atoms with Crippen LogP contribution in [0.3, 0.4) is 0 Å². The first-order chi connectivity index (χ1) is 15.2. The molecule has 0 spiro atoms. The van der Waals surface area contributed by atoms with E-state index in [4.69, 9.17) is 12.6 Å². The molecule has 0 fully saturated rings. The van der Waals surface area contributed by atoms with E-state index in [9.17, 15) is 1.37 Å². The molecule has 3 aromatic rings. The summed E-state index contributed by atoms with van der Waals surface area (Å²) in [7, 11) is 0. The molecule has 26 heavy (non-hydrogen) atoms. The van der Waals surface area contributed by atoms with Crippen molar-refractivity contribution in [2.75, 3.05) is 13.1 Å². The number of unbranched alkanes of at least 4 members (excludes halogenated alkanes) is 1. The molecule has 0 saturated heterocycles. The van der Waals surface area contributed by atoms with E-state index < -0.39 is 6.02 Å². The van der Waals surface area contributed by atoms with Gasteiger partial charge in [-0.1, -0.05) is 18.1 Å². The van der Waals surface area contributed by atoms with Crippen molar-refractivity contribution in [3.63, 3.8) is 0 Å². The van der Waals surface area contributed by atoms with Gasteiger partial charge in [0.15, 0.2) is 0 Å². The van der Waals surface area contributed by atoms with Crippen molar-refractivity contribution in [2.45, 2.75) is 44.7 Å². The first kappa shape index (κ1) is 11.5. The lowest BCUT2D eigenvalue weighted by Gasteiger charge is -2.34. The Labute approximate surface area is 163 Å². The second-order valence-electron chi connectivity index (χ2n) is 6.58. The number of para-hydroxylation sites is 2. The average molecular weight is 356 g/mol. The van der Waals surface area contributed by atoms with Crippen molar-refractivity contribution in [2.24, 2.45) is 5.73 Å². The molecular weight excluding hydrogens is 322 g/mol. The van der Waals surface area contributed by atoms with Gasteiger partial charge in [-0.05, 0) is 68.9 Å². The molecule has 3 N–H and O–H groups in total. The summed E-state index contributed by atoms with van der Waals surface area (Å²) in [6.07, 6.45) is 3.07. The molecule has 5 heteroatoms. The molecular formula is C21H27N5. The van der Waals surface area contributed by atoms with Crippen molar-refractivity contribution in [3.05, 3.63) is 59.6 Å². The molecule has 4 rings (SSSR count). The Morgan fingerprint density at radius 1 is 1.31 bits per heavy atom. The topological polar surface area (TPSA) is 70.8 Å². The van der Waals surface area contributed by atoms with Crippen LogP contribution in [-0.4, -0.2) is 32.9 Å². The molecule has 1 aliphatic rings. The number of hydrogen-bond acceptors (Lipinski definition) is 4. The first-order valence-corrected chi connectivity index (χ1v) is 9.12. The fourth-order valence-electron chi connectivity index (χ4n) is 3.50. The zero-order chi connectivity index (χ0) is 23.0. The molecule has 5 nitrogen and oxygen atoms in total.